The molecule has 0 fully saturated rings. The van der Waals surface area contributed by atoms with Crippen molar-refractivity contribution in [1.29, 1.82) is 0 Å². The van der Waals surface area contributed by atoms with Crippen LogP contribution in [0.5, 0.6) is 0 Å². The molecule has 0 aliphatic carbocycles. The lowest BCUT2D eigenvalue weighted by Crippen LogP contribution is -2.28. The van der Waals surface area contributed by atoms with Crippen LogP contribution in [0.2, 0.25) is 29.7 Å². The Morgan fingerprint density at radius 2 is 1.95 bits per heavy atom. The molecule has 1 atom stereocenters. The van der Waals surface area contributed by atoms with Crippen LogP contribution >= 0.6 is 34.5 Å². The first kappa shape index (κ1) is 16.7. The number of benzene rings is 1. The van der Waals surface area contributed by atoms with Gasteiger partial charge in [0.25, 0.3) is 0 Å². The van der Waals surface area contributed by atoms with Gasteiger partial charge in [0, 0.05) is 5.02 Å². The van der Waals surface area contributed by atoms with Gasteiger partial charge >= 0.3 is 0 Å². The molecule has 0 saturated carbocycles. The van der Waals surface area contributed by atoms with Crippen molar-refractivity contribution < 1.29 is 9.22 Å². The van der Waals surface area contributed by atoms with Crippen LogP contribution < -0.4 is 0 Å². The zero-order valence-electron chi connectivity index (χ0n) is 12.0. The van der Waals surface area contributed by atoms with Gasteiger partial charge in [0.05, 0.1) is 14.8 Å². The Bertz CT molecular complexity index is 649. The molecule has 0 radical (unpaired) electrons. The predicted octanol–water partition coefficient (Wildman–Crippen LogP) is 5.81. The lowest BCUT2D eigenvalue weighted by atomic mass is 10.1. The highest BCUT2D eigenvalue weighted by Gasteiger charge is 2.27. The molecule has 6 heteroatoms. The normalized spacial score (nSPS) is 13.2. The van der Waals surface area contributed by atoms with E-state index in [4.69, 9.17) is 27.6 Å². The summed E-state index contributed by atoms with van der Waals surface area (Å²) in [5.41, 5.74) is 0.950. The average molecular weight is 359 g/mol. The van der Waals surface area contributed by atoms with Crippen molar-refractivity contribution in [2.24, 2.45) is 0 Å². The minimum Gasteiger partial charge on any atom is -0.406 e. The second-order valence-electron chi connectivity index (χ2n) is 5.64. The molecular formula is C15H16Cl2O2SSi. The summed E-state index contributed by atoms with van der Waals surface area (Å²) >= 11 is 13.7. The van der Waals surface area contributed by atoms with Crippen molar-refractivity contribution in [1.82, 2.24) is 0 Å². The van der Waals surface area contributed by atoms with E-state index in [1.165, 1.54) is 11.3 Å². The Kier molecular flexibility index (Phi) is 5.27. The number of halogens is 2. The van der Waals surface area contributed by atoms with Gasteiger partial charge in [-0.3, -0.25) is 4.79 Å². The van der Waals surface area contributed by atoms with Gasteiger partial charge in [-0.15, -0.1) is 11.3 Å². The molecule has 1 aromatic heterocycles. The standard InChI is InChI=1S/C15H16Cl2O2SSi/c1-21(2,3)19-14(10-5-4-6-11(16)7-10)15-13(17)8-12(9-18)20-15/h4-9,14H,1-3H3. The summed E-state index contributed by atoms with van der Waals surface area (Å²) in [5, 5.41) is 1.21. The number of carbonyl (C=O) groups excluding carboxylic acids is 1. The molecule has 21 heavy (non-hydrogen) atoms. The Hall–Kier alpha value is -0.653. The third-order valence-electron chi connectivity index (χ3n) is 2.71. The van der Waals surface area contributed by atoms with Crippen LogP contribution in [0.15, 0.2) is 30.3 Å². The van der Waals surface area contributed by atoms with Crippen molar-refractivity contribution in [3.8, 4) is 0 Å². The summed E-state index contributed by atoms with van der Waals surface area (Å²) in [5.74, 6) is 0. The van der Waals surface area contributed by atoms with E-state index in [-0.39, 0.29) is 6.10 Å². The van der Waals surface area contributed by atoms with Gasteiger partial charge in [-0.25, -0.2) is 0 Å². The molecule has 1 heterocycles. The molecule has 112 valence electrons. The summed E-state index contributed by atoms with van der Waals surface area (Å²) in [4.78, 5) is 12.4. The van der Waals surface area contributed by atoms with Gasteiger partial charge in [-0.1, -0.05) is 35.3 Å². The summed E-state index contributed by atoms with van der Waals surface area (Å²) in [6.45, 7) is 6.35. The van der Waals surface area contributed by atoms with E-state index < -0.39 is 8.32 Å². The molecule has 0 N–H and O–H groups in total. The van der Waals surface area contributed by atoms with Gasteiger partial charge in [0.2, 0.25) is 0 Å². The molecule has 0 amide bonds. The van der Waals surface area contributed by atoms with Crippen molar-refractivity contribution in [3.05, 3.63) is 55.7 Å². The van der Waals surface area contributed by atoms with Crippen molar-refractivity contribution in [2.45, 2.75) is 25.7 Å². The monoisotopic (exact) mass is 358 g/mol. The van der Waals surface area contributed by atoms with E-state index in [1.54, 1.807) is 6.07 Å². The minimum atomic E-state index is -1.81. The number of carbonyl (C=O) groups is 1. The topological polar surface area (TPSA) is 26.3 Å². The maximum atomic E-state index is 11.0. The Morgan fingerprint density at radius 1 is 1.24 bits per heavy atom. The fourth-order valence-electron chi connectivity index (χ4n) is 1.93. The molecule has 0 bridgehead atoms. The number of hydrogen-bond donors (Lipinski definition) is 0. The van der Waals surface area contributed by atoms with Crippen LogP contribution in [-0.2, 0) is 4.43 Å². The van der Waals surface area contributed by atoms with E-state index in [1.807, 2.05) is 24.3 Å². The SMILES string of the molecule is C[Si](C)(C)OC(c1cccc(Cl)c1)c1sc(C=O)cc1Cl. The maximum Gasteiger partial charge on any atom is 0.185 e. The van der Waals surface area contributed by atoms with Crippen LogP contribution in [0.1, 0.15) is 26.2 Å². The van der Waals surface area contributed by atoms with Crippen LogP contribution in [-0.4, -0.2) is 14.6 Å². The Balaban J connectivity index is 2.50. The number of thiophene rings is 1. The molecule has 0 saturated heterocycles. The van der Waals surface area contributed by atoms with Gasteiger partial charge in [-0.2, -0.15) is 0 Å². The molecule has 0 spiro atoms. The van der Waals surface area contributed by atoms with Crippen LogP contribution in [0.25, 0.3) is 0 Å². The van der Waals surface area contributed by atoms with Crippen molar-refractivity contribution in [3.63, 3.8) is 0 Å². The number of rotatable bonds is 5. The predicted molar refractivity (Wildman–Crippen MR) is 92.4 cm³/mol. The highest BCUT2D eigenvalue weighted by Crippen LogP contribution is 2.39. The zero-order valence-corrected chi connectivity index (χ0v) is 15.4. The zero-order chi connectivity index (χ0) is 15.6. The lowest BCUT2D eigenvalue weighted by Gasteiger charge is -2.26. The first-order chi connectivity index (χ1) is 9.80. The fourth-order valence-corrected chi connectivity index (χ4v) is 4.50. The van der Waals surface area contributed by atoms with E-state index in [9.17, 15) is 4.79 Å². The van der Waals surface area contributed by atoms with Gasteiger partial charge in [-0.05, 0) is 43.4 Å². The van der Waals surface area contributed by atoms with E-state index in [0.29, 0.717) is 14.9 Å². The van der Waals surface area contributed by atoms with Crippen LogP contribution in [0, 0.1) is 0 Å². The molecule has 1 aromatic carbocycles. The molecule has 2 aromatic rings. The third kappa shape index (κ3) is 4.41. The fraction of sp³-hybridized carbons (Fsp3) is 0.267. The van der Waals surface area contributed by atoms with Crippen LogP contribution in [0.4, 0.5) is 0 Å². The van der Waals surface area contributed by atoms with Gasteiger partial charge in [0.1, 0.15) is 6.10 Å². The number of hydrogen-bond acceptors (Lipinski definition) is 3. The first-order valence-corrected chi connectivity index (χ1v) is 11.5. The van der Waals surface area contributed by atoms with E-state index >= 15 is 0 Å². The molecule has 0 aliphatic heterocycles. The number of aldehydes is 1. The molecular weight excluding hydrogens is 343 g/mol. The highest BCUT2D eigenvalue weighted by atomic mass is 35.5. The molecule has 2 rings (SSSR count). The van der Waals surface area contributed by atoms with Gasteiger partial charge in [0.15, 0.2) is 14.6 Å². The van der Waals surface area contributed by atoms with E-state index in [2.05, 4.69) is 19.6 Å². The summed E-state index contributed by atoms with van der Waals surface area (Å²) in [6.07, 6.45) is 0.519. The second-order valence-corrected chi connectivity index (χ2v) is 12.1. The second kappa shape index (κ2) is 6.63. The Morgan fingerprint density at radius 3 is 2.48 bits per heavy atom. The van der Waals surface area contributed by atoms with E-state index in [0.717, 1.165) is 16.7 Å². The molecule has 0 aliphatic rings. The van der Waals surface area contributed by atoms with Crippen molar-refractivity contribution >= 4 is 49.1 Å². The minimum absolute atomic E-state index is 0.290. The van der Waals surface area contributed by atoms with Crippen molar-refractivity contribution in [2.75, 3.05) is 0 Å². The summed E-state index contributed by atoms with van der Waals surface area (Å²) < 4.78 is 6.29. The third-order valence-corrected chi connectivity index (χ3v) is 5.42. The molecule has 1 unspecified atom stereocenters. The average Bonchev–Trinajstić information content (AvgIpc) is 2.76. The lowest BCUT2D eigenvalue weighted by molar-refractivity contribution is 0.112. The van der Waals surface area contributed by atoms with Crippen LogP contribution in [0.3, 0.4) is 0 Å². The summed E-state index contributed by atoms with van der Waals surface area (Å²) in [6, 6.07) is 9.24. The van der Waals surface area contributed by atoms with Gasteiger partial charge < -0.3 is 4.43 Å². The smallest absolute Gasteiger partial charge is 0.185 e. The largest absolute Gasteiger partial charge is 0.406 e. The highest BCUT2D eigenvalue weighted by molar-refractivity contribution is 7.14. The maximum absolute atomic E-state index is 11.0. The summed E-state index contributed by atoms with van der Waals surface area (Å²) in [7, 11) is -1.81. The Labute approximate surface area is 139 Å². The molecule has 2 nitrogen and oxygen atoms in total. The first-order valence-electron chi connectivity index (χ1n) is 6.48. The quantitative estimate of drug-likeness (QED) is 0.497.